The van der Waals surface area contributed by atoms with Gasteiger partial charge in [-0.15, -0.1) is 0 Å². The second-order valence-corrected chi connectivity index (χ2v) is 8.23. The van der Waals surface area contributed by atoms with Crippen LogP contribution in [0, 0.1) is 6.92 Å². The van der Waals surface area contributed by atoms with Gasteiger partial charge in [0.15, 0.2) is 5.03 Å². The summed E-state index contributed by atoms with van der Waals surface area (Å²) in [4.78, 5) is 22.2. The van der Waals surface area contributed by atoms with E-state index >= 15 is 0 Å². The van der Waals surface area contributed by atoms with Crippen molar-refractivity contribution in [2.75, 3.05) is 0 Å². The van der Waals surface area contributed by atoms with Crippen LogP contribution < -0.4 is 10.1 Å². The molecule has 4 rings (SSSR count). The third-order valence-corrected chi connectivity index (χ3v) is 5.87. The van der Waals surface area contributed by atoms with Crippen LogP contribution in [-0.4, -0.2) is 21.9 Å². The quantitative estimate of drug-likeness (QED) is 0.595. The summed E-state index contributed by atoms with van der Waals surface area (Å²) < 4.78 is 5.95. The van der Waals surface area contributed by atoms with Crippen LogP contribution in [0.15, 0.2) is 70.8 Å². The zero-order valence-electron chi connectivity index (χ0n) is 16.3. The third-order valence-electron chi connectivity index (χ3n) is 4.89. The van der Waals surface area contributed by atoms with Crippen LogP contribution in [0.5, 0.6) is 11.6 Å². The molecule has 29 heavy (non-hydrogen) atoms. The van der Waals surface area contributed by atoms with Crippen LogP contribution in [0.4, 0.5) is 0 Å². The topological polar surface area (TPSA) is 64.1 Å². The van der Waals surface area contributed by atoms with Crippen molar-refractivity contribution in [2.45, 2.75) is 48.6 Å². The first-order valence-corrected chi connectivity index (χ1v) is 10.6. The van der Waals surface area contributed by atoms with E-state index in [4.69, 9.17) is 4.74 Å². The molecular formula is C23H23N3O2S. The Hall–Kier alpha value is -2.86. The Kier molecular flexibility index (Phi) is 6.10. The molecule has 0 radical (unpaired) electrons. The van der Waals surface area contributed by atoms with Gasteiger partial charge >= 0.3 is 0 Å². The normalized spacial score (nSPS) is 14.0. The molecule has 0 spiro atoms. The van der Waals surface area contributed by atoms with Crippen molar-refractivity contribution in [1.29, 1.82) is 0 Å². The van der Waals surface area contributed by atoms with Crippen molar-refractivity contribution in [3.05, 3.63) is 72.1 Å². The maximum absolute atomic E-state index is 12.4. The Labute approximate surface area is 174 Å². The molecule has 2 aromatic carbocycles. The van der Waals surface area contributed by atoms with Gasteiger partial charge in [0.1, 0.15) is 5.75 Å². The minimum atomic E-state index is -0.0291. The van der Waals surface area contributed by atoms with Gasteiger partial charge in [0.25, 0.3) is 11.8 Å². The summed E-state index contributed by atoms with van der Waals surface area (Å²) in [5.41, 5.74) is 1.85. The molecule has 6 heteroatoms. The summed E-state index contributed by atoms with van der Waals surface area (Å²) >= 11 is 1.51. The lowest BCUT2D eigenvalue weighted by molar-refractivity contribution is 0.0938. The molecule has 0 unspecified atom stereocenters. The molecule has 1 fully saturated rings. The molecule has 5 nitrogen and oxygen atoms in total. The third kappa shape index (κ3) is 5.15. The smallest absolute Gasteiger partial charge is 0.252 e. The Morgan fingerprint density at radius 1 is 1.00 bits per heavy atom. The molecule has 0 aliphatic heterocycles. The largest absolute Gasteiger partial charge is 0.437 e. The summed E-state index contributed by atoms with van der Waals surface area (Å²) in [6.07, 6.45) is 7.79. The average Bonchev–Trinajstić information content (AvgIpc) is 3.25. The summed E-state index contributed by atoms with van der Waals surface area (Å²) in [7, 11) is 0. The lowest BCUT2D eigenvalue weighted by Gasteiger charge is -2.12. The Bertz CT molecular complexity index is 968. The molecule has 148 valence electrons. The zero-order valence-corrected chi connectivity index (χ0v) is 17.1. The Morgan fingerprint density at radius 2 is 1.69 bits per heavy atom. The second-order valence-electron chi connectivity index (χ2n) is 7.16. The standard InChI is InChI=1S/C23H23N3O2S/c1-16-6-12-20(13-7-16)29-23-22(24-14-15-25-23)28-19-10-8-17(9-11-19)21(27)26-18-4-2-3-5-18/h6-15,18H,2-5H2,1H3,(H,26,27). The molecule has 1 N–H and O–H groups in total. The van der Waals surface area contributed by atoms with E-state index < -0.39 is 0 Å². The van der Waals surface area contributed by atoms with Crippen molar-refractivity contribution >= 4 is 17.7 Å². The van der Waals surface area contributed by atoms with Crippen LogP contribution in [0.25, 0.3) is 0 Å². The molecule has 0 bridgehead atoms. The van der Waals surface area contributed by atoms with E-state index in [1.54, 1.807) is 36.7 Å². The van der Waals surface area contributed by atoms with Gasteiger partial charge in [0, 0.05) is 28.9 Å². The van der Waals surface area contributed by atoms with Gasteiger partial charge in [-0.3, -0.25) is 4.79 Å². The van der Waals surface area contributed by atoms with E-state index in [1.807, 2.05) is 0 Å². The molecule has 1 amide bonds. The average molecular weight is 406 g/mol. The number of aromatic nitrogens is 2. The van der Waals surface area contributed by atoms with Crippen molar-refractivity contribution in [3.63, 3.8) is 0 Å². The van der Waals surface area contributed by atoms with Gasteiger partial charge in [-0.05, 0) is 56.2 Å². The zero-order chi connectivity index (χ0) is 20.1. The molecule has 3 aromatic rings. The number of carbonyl (C=O) groups is 1. The SMILES string of the molecule is Cc1ccc(Sc2nccnc2Oc2ccc(C(=O)NC3CCCC3)cc2)cc1. The van der Waals surface area contributed by atoms with Crippen LogP contribution in [0.3, 0.4) is 0 Å². The fraction of sp³-hybridized carbons (Fsp3) is 0.261. The van der Waals surface area contributed by atoms with Gasteiger partial charge in [0.2, 0.25) is 0 Å². The predicted molar refractivity (Wildman–Crippen MR) is 114 cm³/mol. The monoisotopic (exact) mass is 405 g/mol. The highest BCUT2D eigenvalue weighted by Crippen LogP contribution is 2.34. The van der Waals surface area contributed by atoms with Crippen LogP contribution in [0.1, 0.15) is 41.6 Å². The van der Waals surface area contributed by atoms with Gasteiger partial charge < -0.3 is 10.1 Å². The van der Waals surface area contributed by atoms with E-state index in [9.17, 15) is 4.79 Å². The summed E-state index contributed by atoms with van der Waals surface area (Å²) in [6, 6.07) is 15.7. The van der Waals surface area contributed by atoms with Gasteiger partial charge in [-0.25, -0.2) is 9.97 Å². The molecule has 0 atom stereocenters. The number of ether oxygens (including phenoxy) is 1. The minimum Gasteiger partial charge on any atom is -0.437 e. The molecule has 1 aromatic heterocycles. The molecule has 0 saturated heterocycles. The van der Waals surface area contributed by atoms with Crippen LogP contribution in [-0.2, 0) is 0 Å². The number of nitrogens with zero attached hydrogens (tertiary/aromatic N) is 2. The van der Waals surface area contributed by atoms with Gasteiger partial charge in [-0.2, -0.15) is 0 Å². The van der Waals surface area contributed by atoms with E-state index in [1.165, 1.54) is 30.2 Å². The van der Waals surface area contributed by atoms with Gasteiger partial charge in [0.05, 0.1) is 0 Å². The molecular weight excluding hydrogens is 382 g/mol. The highest BCUT2D eigenvalue weighted by atomic mass is 32.2. The number of carbonyl (C=O) groups excluding carboxylic acids is 1. The first-order chi connectivity index (χ1) is 14.2. The second kappa shape index (κ2) is 9.09. The summed E-state index contributed by atoms with van der Waals surface area (Å²) in [6.45, 7) is 2.06. The van der Waals surface area contributed by atoms with Crippen LogP contribution >= 0.6 is 11.8 Å². The van der Waals surface area contributed by atoms with E-state index in [0.717, 1.165) is 17.7 Å². The fourth-order valence-electron chi connectivity index (χ4n) is 3.30. The number of rotatable bonds is 6. The molecule has 1 heterocycles. The van der Waals surface area contributed by atoms with Crippen molar-refractivity contribution < 1.29 is 9.53 Å². The van der Waals surface area contributed by atoms with E-state index in [-0.39, 0.29) is 5.91 Å². The first-order valence-electron chi connectivity index (χ1n) is 9.82. The molecule has 1 saturated carbocycles. The lowest BCUT2D eigenvalue weighted by Crippen LogP contribution is -2.32. The van der Waals surface area contributed by atoms with Crippen molar-refractivity contribution in [3.8, 4) is 11.6 Å². The number of hydrogen-bond acceptors (Lipinski definition) is 5. The van der Waals surface area contributed by atoms with E-state index in [2.05, 4.69) is 46.5 Å². The number of benzene rings is 2. The predicted octanol–water partition coefficient (Wildman–Crippen LogP) is 5.40. The summed E-state index contributed by atoms with van der Waals surface area (Å²) in [5.74, 6) is 1.04. The molecule has 1 aliphatic carbocycles. The van der Waals surface area contributed by atoms with Crippen molar-refractivity contribution in [2.24, 2.45) is 0 Å². The number of amides is 1. The number of nitrogens with one attached hydrogen (secondary N) is 1. The maximum Gasteiger partial charge on any atom is 0.252 e. The number of aryl methyl sites for hydroxylation is 1. The minimum absolute atomic E-state index is 0.0291. The summed E-state index contributed by atoms with van der Waals surface area (Å²) in [5, 5.41) is 3.79. The Balaban J connectivity index is 1.43. The lowest BCUT2D eigenvalue weighted by atomic mass is 10.1. The first kappa shape index (κ1) is 19.5. The van der Waals surface area contributed by atoms with E-state index in [0.29, 0.717) is 28.3 Å². The maximum atomic E-state index is 12.4. The highest BCUT2D eigenvalue weighted by Gasteiger charge is 2.18. The van der Waals surface area contributed by atoms with Crippen molar-refractivity contribution in [1.82, 2.24) is 15.3 Å². The Morgan fingerprint density at radius 3 is 2.41 bits per heavy atom. The highest BCUT2D eigenvalue weighted by molar-refractivity contribution is 7.99. The number of hydrogen-bond donors (Lipinski definition) is 1. The van der Waals surface area contributed by atoms with Crippen LogP contribution in [0.2, 0.25) is 0 Å². The van der Waals surface area contributed by atoms with Gasteiger partial charge in [-0.1, -0.05) is 42.3 Å². The fourth-order valence-corrected chi connectivity index (χ4v) is 4.09. The molecule has 1 aliphatic rings.